The molecular weight excluding hydrogens is 244 g/mol. The van der Waals surface area contributed by atoms with Crippen molar-refractivity contribution < 1.29 is 0 Å². The summed E-state index contributed by atoms with van der Waals surface area (Å²) in [5.41, 5.74) is 4.73. The molecule has 0 aliphatic carbocycles. The Kier molecular flexibility index (Phi) is 3.26. The maximum atomic E-state index is 7.13. The van der Waals surface area contributed by atoms with Gasteiger partial charge in [-0.2, -0.15) is 0 Å². The quantitative estimate of drug-likeness (QED) is 0.592. The van der Waals surface area contributed by atoms with Gasteiger partial charge in [0, 0.05) is 17.3 Å². The van der Waals surface area contributed by atoms with E-state index in [4.69, 9.17) is 6.57 Å². The zero-order valence-electron chi connectivity index (χ0n) is 10.8. The van der Waals surface area contributed by atoms with Crippen LogP contribution < -0.4 is 0 Å². The molecule has 2 aromatic carbocycles. The fourth-order valence-corrected chi connectivity index (χ4v) is 2.21. The van der Waals surface area contributed by atoms with Crippen molar-refractivity contribution in [2.75, 3.05) is 0 Å². The lowest BCUT2D eigenvalue weighted by Crippen LogP contribution is -1.88. The zero-order chi connectivity index (χ0) is 13.8. The molecule has 3 aromatic rings. The van der Waals surface area contributed by atoms with Crippen LogP contribution in [0.4, 0.5) is 5.69 Å². The molecule has 94 valence electrons. The second-order valence-electron chi connectivity index (χ2n) is 4.43. The smallest absolute Gasteiger partial charge is 0.187 e. The summed E-state index contributed by atoms with van der Waals surface area (Å²) >= 11 is 0. The molecule has 3 rings (SSSR count). The van der Waals surface area contributed by atoms with Crippen LogP contribution in [-0.2, 0) is 0 Å². The average molecular weight is 256 g/mol. The largest absolute Gasteiger partial charge is 0.256 e. The van der Waals surface area contributed by atoms with E-state index in [0.29, 0.717) is 5.69 Å². The number of nitrogens with zero attached hydrogens (tertiary/aromatic N) is 2. The molecule has 0 fully saturated rings. The first-order chi connectivity index (χ1) is 9.88. The number of rotatable bonds is 2. The van der Waals surface area contributed by atoms with Gasteiger partial charge >= 0.3 is 0 Å². The van der Waals surface area contributed by atoms with E-state index in [1.165, 1.54) is 0 Å². The van der Waals surface area contributed by atoms with Gasteiger partial charge in [0.05, 0.1) is 12.3 Å². The van der Waals surface area contributed by atoms with Gasteiger partial charge in [-0.05, 0) is 17.7 Å². The van der Waals surface area contributed by atoms with Crippen LogP contribution in [-0.4, -0.2) is 4.98 Å². The van der Waals surface area contributed by atoms with Gasteiger partial charge in [-0.25, -0.2) is 4.85 Å². The van der Waals surface area contributed by atoms with Crippen LogP contribution in [0.25, 0.3) is 27.2 Å². The van der Waals surface area contributed by atoms with Crippen LogP contribution in [0.3, 0.4) is 0 Å². The Bertz CT molecular complexity index is 771. The number of aromatic nitrogens is 1. The first-order valence-corrected chi connectivity index (χ1v) is 6.37. The standard InChI is InChI=1S/C18H12N2/c1-19-16-10-5-9-15(13-16)17-11-6-12-20-18(17)14-7-3-2-4-8-14/h2-13H. The van der Waals surface area contributed by atoms with E-state index >= 15 is 0 Å². The third-order valence-corrected chi connectivity index (χ3v) is 3.14. The lowest BCUT2D eigenvalue weighted by atomic mass is 9.99. The second-order valence-corrected chi connectivity index (χ2v) is 4.43. The molecule has 0 N–H and O–H groups in total. The lowest BCUT2D eigenvalue weighted by Gasteiger charge is -2.09. The van der Waals surface area contributed by atoms with Gasteiger partial charge in [0.2, 0.25) is 0 Å². The normalized spacial score (nSPS) is 9.95. The van der Waals surface area contributed by atoms with Gasteiger partial charge in [-0.1, -0.05) is 54.6 Å². The molecule has 0 spiro atoms. The van der Waals surface area contributed by atoms with Gasteiger partial charge < -0.3 is 0 Å². The Balaban J connectivity index is 2.18. The first-order valence-electron chi connectivity index (χ1n) is 6.37. The highest BCUT2D eigenvalue weighted by molar-refractivity contribution is 5.81. The highest BCUT2D eigenvalue weighted by Gasteiger charge is 2.08. The first kappa shape index (κ1) is 12.1. The molecule has 1 heterocycles. The van der Waals surface area contributed by atoms with Crippen molar-refractivity contribution in [1.82, 2.24) is 4.98 Å². The Labute approximate surface area is 118 Å². The van der Waals surface area contributed by atoms with Gasteiger partial charge in [0.1, 0.15) is 0 Å². The van der Waals surface area contributed by atoms with Gasteiger partial charge in [0.15, 0.2) is 5.69 Å². The van der Waals surface area contributed by atoms with E-state index in [9.17, 15) is 0 Å². The predicted molar refractivity (Wildman–Crippen MR) is 81.4 cm³/mol. The molecule has 0 aliphatic heterocycles. The molecule has 0 unspecified atom stereocenters. The molecule has 0 saturated heterocycles. The minimum Gasteiger partial charge on any atom is -0.256 e. The predicted octanol–water partition coefficient (Wildman–Crippen LogP) is 4.97. The van der Waals surface area contributed by atoms with E-state index in [1.54, 1.807) is 6.20 Å². The lowest BCUT2D eigenvalue weighted by molar-refractivity contribution is 1.33. The van der Waals surface area contributed by atoms with Crippen molar-refractivity contribution in [2.45, 2.75) is 0 Å². The summed E-state index contributed by atoms with van der Waals surface area (Å²) in [4.78, 5) is 7.99. The molecule has 2 heteroatoms. The number of pyridine rings is 1. The molecule has 0 atom stereocenters. The van der Waals surface area contributed by atoms with E-state index in [1.807, 2.05) is 66.7 Å². The van der Waals surface area contributed by atoms with Crippen molar-refractivity contribution in [3.63, 3.8) is 0 Å². The summed E-state index contributed by atoms with van der Waals surface area (Å²) < 4.78 is 0. The van der Waals surface area contributed by atoms with Crippen molar-refractivity contribution in [1.29, 1.82) is 0 Å². The van der Waals surface area contributed by atoms with Crippen LogP contribution in [0.1, 0.15) is 0 Å². The molecule has 2 nitrogen and oxygen atoms in total. The summed E-state index contributed by atoms with van der Waals surface area (Å²) in [6.45, 7) is 7.13. The van der Waals surface area contributed by atoms with Crippen LogP contribution in [0, 0.1) is 6.57 Å². The number of hydrogen-bond acceptors (Lipinski definition) is 1. The van der Waals surface area contributed by atoms with Crippen molar-refractivity contribution in [3.8, 4) is 22.4 Å². The fourth-order valence-electron chi connectivity index (χ4n) is 2.21. The average Bonchev–Trinajstić information content (AvgIpc) is 2.56. The molecule has 0 bridgehead atoms. The van der Waals surface area contributed by atoms with Crippen molar-refractivity contribution in [2.24, 2.45) is 0 Å². The SMILES string of the molecule is [C-]#[N+]c1cccc(-c2cccnc2-c2ccccc2)c1. The Morgan fingerprint density at radius 1 is 0.800 bits per heavy atom. The summed E-state index contributed by atoms with van der Waals surface area (Å²) in [5, 5.41) is 0. The van der Waals surface area contributed by atoms with Gasteiger partial charge in [-0.3, -0.25) is 4.98 Å². The Morgan fingerprint density at radius 3 is 2.40 bits per heavy atom. The monoisotopic (exact) mass is 256 g/mol. The summed E-state index contributed by atoms with van der Waals surface area (Å²) in [7, 11) is 0. The molecule has 0 radical (unpaired) electrons. The second kappa shape index (κ2) is 5.38. The van der Waals surface area contributed by atoms with Crippen LogP contribution in [0.5, 0.6) is 0 Å². The highest BCUT2D eigenvalue weighted by Crippen LogP contribution is 2.31. The summed E-state index contributed by atoms with van der Waals surface area (Å²) in [6.07, 6.45) is 1.80. The summed E-state index contributed by atoms with van der Waals surface area (Å²) in [5.74, 6) is 0. The van der Waals surface area contributed by atoms with Crippen LogP contribution >= 0.6 is 0 Å². The minimum atomic E-state index is 0.644. The molecular formula is C18H12N2. The topological polar surface area (TPSA) is 17.2 Å². The van der Waals surface area contributed by atoms with E-state index in [0.717, 1.165) is 22.4 Å². The third-order valence-electron chi connectivity index (χ3n) is 3.14. The highest BCUT2D eigenvalue weighted by atomic mass is 14.7. The molecule has 1 aromatic heterocycles. The minimum absolute atomic E-state index is 0.644. The summed E-state index contributed by atoms with van der Waals surface area (Å²) in [6, 6.07) is 21.7. The van der Waals surface area contributed by atoms with E-state index in [2.05, 4.69) is 9.83 Å². The third kappa shape index (κ3) is 2.30. The molecule has 0 saturated carbocycles. The van der Waals surface area contributed by atoms with Crippen molar-refractivity contribution >= 4 is 5.69 Å². The molecule has 0 amide bonds. The van der Waals surface area contributed by atoms with Gasteiger partial charge in [-0.15, -0.1) is 0 Å². The van der Waals surface area contributed by atoms with Crippen molar-refractivity contribution in [3.05, 3.63) is 84.3 Å². The zero-order valence-corrected chi connectivity index (χ0v) is 10.8. The fraction of sp³-hybridized carbons (Fsp3) is 0. The van der Waals surface area contributed by atoms with Crippen LogP contribution in [0.15, 0.2) is 72.9 Å². The van der Waals surface area contributed by atoms with E-state index in [-0.39, 0.29) is 0 Å². The number of benzene rings is 2. The maximum Gasteiger partial charge on any atom is 0.187 e. The molecule has 0 aliphatic rings. The molecule has 20 heavy (non-hydrogen) atoms. The van der Waals surface area contributed by atoms with Gasteiger partial charge in [0.25, 0.3) is 0 Å². The maximum absolute atomic E-state index is 7.13. The Morgan fingerprint density at radius 2 is 1.60 bits per heavy atom. The Hall–Kier alpha value is -2.92. The van der Waals surface area contributed by atoms with E-state index < -0.39 is 0 Å². The number of hydrogen-bond donors (Lipinski definition) is 0. The van der Waals surface area contributed by atoms with Crippen LogP contribution in [0.2, 0.25) is 0 Å².